The van der Waals surface area contributed by atoms with E-state index in [2.05, 4.69) is 24.0 Å². The van der Waals surface area contributed by atoms with Gasteiger partial charge in [-0.05, 0) is 79.6 Å². The van der Waals surface area contributed by atoms with Gasteiger partial charge in [-0.25, -0.2) is 0 Å². The maximum atomic E-state index is 12.8. The Kier molecular flexibility index (Phi) is 5.41. The molecule has 2 aliphatic heterocycles. The first kappa shape index (κ1) is 21.0. The van der Waals surface area contributed by atoms with E-state index in [-0.39, 0.29) is 11.3 Å². The summed E-state index contributed by atoms with van der Waals surface area (Å²) in [5, 5.41) is 0. The number of carbonyl (C=O) groups is 2. The molecule has 1 amide bonds. The van der Waals surface area contributed by atoms with Gasteiger partial charge in [0, 0.05) is 43.7 Å². The van der Waals surface area contributed by atoms with Crippen molar-refractivity contribution in [3.63, 3.8) is 0 Å². The Balaban J connectivity index is 1.26. The number of carbonyl (C=O) groups excluding carboxylic acids is 2. The van der Waals surface area contributed by atoms with E-state index >= 15 is 0 Å². The molecule has 1 spiro atoms. The molecule has 0 atom stereocenters. The summed E-state index contributed by atoms with van der Waals surface area (Å²) in [5.74, 6) is 2.34. The maximum Gasteiger partial charge on any atom is 0.298 e. The van der Waals surface area contributed by atoms with Crippen molar-refractivity contribution in [2.75, 3.05) is 31.1 Å². The molecule has 32 heavy (non-hydrogen) atoms. The van der Waals surface area contributed by atoms with Gasteiger partial charge in [-0.3, -0.25) is 14.5 Å². The van der Waals surface area contributed by atoms with Gasteiger partial charge in [0.05, 0.1) is 6.61 Å². The first-order chi connectivity index (χ1) is 15.5. The number of amides is 1. The Hall–Kier alpha value is -2.86. The van der Waals surface area contributed by atoms with Gasteiger partial charge < -0.3 is 14.4 Å². The largest absolute Gasteiger partial charge is 0.494 e. The van der Waals surface area contributed by atoms with Crippen molar-refractivity contribution in [1.29, 1.82) is 0 Å². The zero-order chi connectivity index (χ0) is 22.3. The van der Waals surface area contributed by atoms with Gasteiger partial charge >= 0.3 is 0 Å². The van der Waals surface area contributed by atoms with Crippen LogP contribution in [-0.2, 0) is 16.1 Å². The van der Waals surface area contributed by atoms with Crippen LogP contribution in [0.3, 0.4) is 0 Å². The number of ether oxygens (including phenoxy) is 2. The van der Waals surface area contributed by atoms with E-state index in [1.54, 1.807) is 12.1 Å². The third-order valence-corrected chi connectivity index (χ3v) is 6.92. The van der Waals surface area contributed by atoms with Crippen LogP contribution in [0.5, 0.6) is 11.5 Å². The molecule has 0 unspecified atom stereocenters. The van der Waals surface area contributed by atoms with Crippen LogP contribution in [0.4, 0.5) is 5.69 Å². The highest BCUT2D eigenvalue weighted by atomic mass is 16.5. The molecule has 6 heteroatoms. The molecular formula is C26H30N2O4. The number of anilines is 1. The Morgan fingerprint density at radius 1 is 1.12 bits per heavy atom. The van der Waals surface area contributed by atoms with E-state index in [4.69, 9.17) is 9.47 Å². The second-order valence-electron chi connectivity index (χ2n) is 9.53. The van der Waals surface area contributed by atoms with E-state index < -0.39 is 0 Å². The molecule has 2 heterocycles. The van der Waals surface area contributed by atoms with E-state index in [1.165, 1.54) is 29.5 Å². The highest BCUT2D eigenvalue weighted by molar-refractivity contribution is 5.96. The Labute approximate surface area is 189 Å². The van der Waals surface area contributed by atoms with Crippen LogP contribution in [0.15, 0.2) is 36.4 Å². The highest BCUT2D eigenvalue weighted by Gasteiger charge is 2.51. The molecule has 0 bridgehead atoms. The Morgan fingerprint density at radius 2 is 1.88 bits per heavy atom. The predicted octanol–water partition coefficient (Wildman–Crippen LogP) is 4.05. The second-order valence-corrected chi connectivity index (χ2v) is 9.53. The number of rotatable bonds is 8. The van der Waals surface area contributed by atoms with E-state index in [9.17, 15) is 9.59 Å². The summed E-state index contributed by atoms with van der Waals surface area (Å²) in [4.78, 5) is 27.6. The molecule has 6 nitrogen and oxygen atoms in total. The lowest BCUT2D eigenvalue weighted by molar-refractivity contribution is -0.121. The average Bonchev–Trinajstić information content (AvgIpc) is 3.53. The monoisotopic (exact) mass is 434 g/mol. The van der Waals surface area contributed by atoms with Crippen molar-refractivity contribution < 1.29 is 19.1 Å². The molecule has 0 aromatic heterocycles. The standard InChI is InChI=1S/C26H30N2O4/c1-3-31-24-11-20(23(10-18(24)2)19-4-5-19)13-27-14-26(15-27)12-25(30)28(16-26)21-6-8-22(9-7-21)32-17-29/h6-11,17,19H,3-5,12-16H2,1-2H3. The molecule has 0 N–H and O–H groups in total. The van der Waals surface area contributed by atoms with Crippen molar-refractivity contribution in [2.45, 2.75) is 45.6 Å². The van der Waals surface area contributed by atoms with Crippen molar-refractivity contribution in [3.05, 3.63) is 53.1 Å². The van der Waals surface area contributed by atoms with Crippen molar-refractivity contribution in [2.24, 2.45) is 5.41 Å². The van der Waals surface area contributed by atoms with E-state index in [1.807, 2.05) is 24.0 Å². The van der Waals surface area contributed by atoms with Gasteiger partial charge in [-0.2, -0.15) is 0 Å². The lowest BCUT2D eigenvalue weighted by Crippen LogP contribution is -2.56. The summed E-state index contributed by atoms with van der Waals surface area (Å²) in [7, 11) is 0. The van der Waals surface area contributed by atoms with Crippen molar-refractivity contribution in [3.8, 4) is 11.5 Å². The summed E-state index contributed by atoms with van der Waals surface area (Å²) >= 11 is 0. The normalized spacial score (nSPS) is 19.8. The summed E-state index contributed by atoms with van der Waals surface area (Å²) < 4.78 is 10.7. The minimum Gasteiger partial charge on any atom is -0.494 e. The quantitative estimate of drug-likeness (QED) is 0.587. The molecule has 2 aromatic rings. The predicted molar refractivity (Wildman–Crippen MR) is 122 cm³/mol. The van der Waals surface area contributed by atoms with Crippen molar-refractivity contribution >= 4 is 18.1 Å². The zero-order valence-corrected chi connectivity index (χ0v) is 18.8. The topological polar surface area (TPSA) is 59.1 Å². The molecule has 2 saturated heterocycles. The summed E-state index contributed by atoms with van der Waals surface area (Å²) in [6, 6.07) is 11.7. The van der Waals surface area contributed by atoms with Crippen LogP contribution in [-0.4, -0.2) is 43.5 Å². The zero-order valence-electron chi connectivity index (χ0n) is 18.8. The summed E-state index contributed by atoms with van der Waals surface area (Å²) in [6.45, 7) is 8.77. The minimum absolute atomic E-state index is 0.0300. The van der Waals surface area contributed by atoms with Crippen LogP contribution in [0, 0.1) is 12.3 Å². The molecule has 1 aliphatic carbocycles. The van der Waals surface area contributed by atoms with Gasteiger partial charge in [0.2, 0.25) is 5.91 Å². The molecule has 1 saturated carbocycles. The number of nitrogens with zero attached hydrogens (tertiary/aromatic N) is 2. The third-order valence-electron chi connectivity index (χ3n) is 6.92. The van der Waals surface area contributed by atoms with Gasteiger partial charge in [-0.15, -0.1) is 0 Å². The summed E-state index contributed by atoms with van der Waals surface area (Å²) in [5.41, 5.74) is 4.97. The van der Waals surface area contributed by atoms with Crippen LogP contribution < -0.4 is 14.4 Å². The fraction of sp³-hybridized carbons (Fsp3) is 0.462. The minimum atomic E-state index is 0.0300. The molecule has 0 radical (unpaired) electrons. The summed E-state index contributed by atoms with van der Waals surface area (Å²) in [6.07, 6.45) is 3.15. The van der Waals surface area contributed by atoms with Crippen LogP contribution in [0.2, 0.25) is 0 Å². The average molecular weight is 435 g/mol. The van der Waals surface area contributed by atoms with Crippen LogP contribution in [0.25, 0.3) is 0 Å². The van der Waals surface area contributed by atoms with Gasteiger partial charge in [-0.1, -0.05) is 6.07 Å². The number of hydrogen-bond acceptors (Lipinski definition) is 5. The van der Waals surface area contributed by atoms with Gasteiger partial charge in [0.1, 0.15) is 11.5 Å². The molecule has 168 valence electrons. The number of aryl methyl sites for hydroxylation is 1. The molecule has 5 rings (SSSR count). The van der Waals surface area contributed by atoms with E-state index in [0.717, 1.165) is 37.6 Å². The fourth-order valence-corrected chi connectivity index (χ4v) is 5.33. The molecular weight excluding hydrogens is 404 g/mol. The smallest absolute Gasteiger partial charge is 0.298 e. The van der Waals surface area contributed by atoms with Gasteiger partial charge in [0.15, 0.2) is 0 Å². The third kappa shape index (κ3) is 3.99. The SMILES string of the molecule is CCOc1cc(CN2CC3(CC(=O)N(c4ccc(OC=O)cc4)C3)C2)c(C2CC2)cc1C. The lowest BCUT2D eigenvalue weighted by atomic mass is 9.78. The number of likely N-dealkylation sites (tertiary alicyclic amines) is 1. The Morgan fingerprint density at radius 3 is 2.53 bits per heavy atom. The highest BCUT2D eigenvalue weighted by Crippen LogP contribution is 2.46. The molecule has 2 aromatic carbocycles. The maximum absolute atomic E-state index is 12.8. The van der Waals surface area contributed by atoms with Crippen LogP contribution in [0.1, 0.15) is 48.8 Å². The fourth-order valence-electron chi connectivity index (χ4n) is 5.33. The lowest BCUT2D eigenvalue weighted by Gasteiger charge is -2.47. The first-order valence-corrected chi connectivity index (χ1v) is 11.5. The second kappa shape index (κ2) is 8.24. The molecule has 3 fully saturated rings. The molecule has 3 aliphatic rings. The number of hydrogen-bond donors (Lipinski definition) is 0. The van der Waals surface area contributed by atoms with Gasteiger partial charge in [0.25, 0.3) is 6.47 Å². The first-order valence-electron chi connectivity index (χ1n) is 11.5. The Bertz CT molecular complexity index is 1020. The van der Waals surface area contributed by atoms with Crippen molar-refractivity contribution in [1.82, 2.24) is 4.90 Å². The van der Waals surface area contributed by atoms with E-state index in [0.29, 0.717) is 31.2 Å². The van der Waals surface area contributed by atoms with Crippen LogP contribution >= 0.6 is 0 Å². The number of benzene rings is 2.